The molecule has 0 fully saturated rings. The molecule has 3 aromatic heterocycles. The van der Waals surface area contributed by atoms with Crippen LogP contribution in [-0.2, 0) is 42.5 Å². The summed E-state index contributed by atoms with van der Waals surface area (Å²) in [5.74, 6) is 4.03. The van der Waals surface area contributed by atoms with Gasteiger partial charge in [-0.25, -0.2) is 19.2 Å². The van der Waals surface area contributed by atoms with Gasteiger partial charge >= 0.3 is 24.6 Å². The third kappa shape index (κ3) is 37.6. The normalized spacial score (nSPS) is 10.7. The van der Waals surface area contributed by atoms with Crippen molar-refractivity contribution in [3.63, 3.8) is 0 Å². The van der Waals surface area contributed by atoms with E-state index in [2.05, 4.69) is 92.8 Å². The summed E-state index contributed by atoms with van der Waals surface area (Å²) in [6.07, 6.45) is 7.10. The van der Waals surface area contributed by atoms with Crippen molar-refractivity contribution in [2.75, 3.05) is 16.9 Å². The monoisotopic (exact) mass is 1870 g/mol. The Labute approximate surface area is 719 Å². The first-order valence-electron chi connectivity index (χ1n) is 37.4. The van der Waals surface area contributed by atoms with Crippen molar-refractivity contribution in [2.45, 2.75) is 211 Å². The Morgan fingerprint density at radius 3 is 0.836 bits per heavy atom. The zero-order valence-electron chi connectivity index (χ0n) is 70.2. The van der Waals surface area contributed by atoms with Gasteiger partial charge in [0.05, 0.1) is 11.8 Å². The van der Waals surface area contributed by atoms with Crippen molar-refractivity contribution in [1.29, 1.82) is 0 Å². The molecule has 8 rings (SSSR count). The van der Waals surface area contributed by atoms with Crippen LogP contribution in [0.2, 0.25) is 0 Å². The van der Waals surface area contributed by atoms with Gasteiger partial charge < -0.3 is 60.2 Å². The molecule has 0 atom stereocenters. The fraction of sp³-hybridized carbons (Fsp3) is 0.402. The molecular weight excluding hydrogens is 1750 g/mol. The molecule has 0 unspecified atom stereocenters. The van der Waals surface area contributed by atoms with Crippen LogP contribution in [0.3, 0.4) is 0 Å². The average Bonchev–Trinajstić information content (AvgIpc) is 0.833. The largest absolute Gasteiger partial charge is 0.518 e. The summed E-state index contributed by atoms with van der Waals surface area (Å²) in [6.45, 7) is 41.1. The topological polar surface area (TPSA) is 367 Å². The minimum absolute atomic E-state index is 0. The van der Waals surface area contributed by atoms with Gasteiger partial charge in [-0.2, -0.15) is 17.6 Å². The number of ether oxygens (including phenoxy) is 8. The Morgan fingerprint density at radius 2 is 0.629 bits per heavy atom. The van der Waals surface area contributed by atoms with Crippen molar-refractivity contribution in [1.82, 2.24) is 4.98 Å². The molecular formula is C87H117ClI2N6O19S+2. The second-order valence-corrected chi connectivity index (χ2v) is 31.4. The number of benzene rings is 5. The van der Waals surface area contributed by atoms with Gasteiger partial charge in [0.25, 0.3) is 35.4 Å². The number of pyridine rings is 3. The first kappa shape index (κ1) is 105. The smallest absolute Gasteiger partial charge is 0.507 e. The Morgan fingerprint density at radius 1 is 0.397 bits per heavy atom. The fourth-order valence-electron chi connectivity index (χ4n) is 10.7. The molecule has 0 bridgehead atoms. The van der Waals surface area contributed by atoms with Gasteiger partial charge in [0.2, 0.25) is 5.91 Å². The molecule has 3 amide bonds. The predicted octanol–water partition coefficient (Wildman–Crippen LogP) is 20.4. The summed E-state index contributed by atoms with van der Waals surface area (Å²) in [5.41, 5.74) is 26.5. The van der Waals surface area contributed by atoms with Crippen LogP contribution in [-0.4, -0.2) is 82.3 Å². The van der Waals surface area contributed by atoms with E-state index < -0.39 is 52.5 Å². The van der Waals surface area contributed by atoms with Crippen LogP contribution in [0.1, 0.15) is 284 Å². The van der Waals surface area contributed by atoms with Crippen LogP contribution >= 0.6 is 58.2 Å². The number of nitrogens with zero attached hydrogens (tertiary/aromatic N) is 3. The van der Waals surface area contributed by atoms with Gasteiger partial charge in [-0.05, 0) is 162 Å². The number of hydrogen-bond donors (Lipinski definition) is 5. The number of carbonyl (C=O) groups is 7. The molecule has 0 spiro atoms. The molecule has 116 heavy (non-hydrogen) atoms. The van der Waals surface area contributed by atoms with Crippen LogP contribution in [0.5, 0.6) is 28.7 Å². The first-order valence-corrected chi connectivity index (χ1v) is 41.3. The predicted molar refractivity (Wildman–Crippen MR) is 469 cm³/mol. The molecule has 634 valence electrons. The maximum atomic E-state index is 12.2. The van der Waals surface area contributed by atoms with E-state index in [-0.39, 0.29) is 83.6 Å². The lowest BCUT2D eigenvalue weighted by Crippen LogP contribution is -2.37. The van der Waals surface area contributed by atoms with Gasteiger partial charge in [-0.15, -0.1) is 24.0 Å². The molecule has 8 aromatic rings. The maximum Gasteiger partial charge on any atom is 0.518 e. The van der Waals surface area contributed by atoms with Crippen LogP contribution in [0.25, 0.3) is 0 Å². The number of hydrogen-bond acceptors (Lipinski definition) is 19. The molecule has 0 saturated heterocycles. The van der Waals surface area contributed by atoms with Crippen molar-refractivity contribution in [2.24, 2.45) is 17.2 Å². The minimum Gasteiger partial charge on any atom is -0.507 e. The van der Waals surface area contributed by atoms with E-state index in [1.165, 1.54) is 18.6 Å². The number of aromatic nitrogens is 3. The third-order valence-corrected chi connectivity index (χ3v) is 17.0. The van der Waals surface area contributed by atoms with Crippen molar-refractivity contribution in [3.8, 4) is 28.7 Å². The number of halogens is 3. The summed E-state index contributed by atoms with van der Waals surface area (Å²) in [5, 5.41) is 9.93. The number of para-hydroxylation sites is 5. The number of primary amides is 3. The van der Waals surface area contributed by atoms with Crippen molar-refractivity contribution < 1.29 is 98.7 Å². The number of alkyl halides is 2. The summed E-state index contributed by atoms with van der Waals surface area (Å²) in [6, 6.07) is 39.2. The molecule has 25 nitrogen and oxygen atoms in total. The fourth-order valence-corrected chi connectivity index (χ4v) is 11.1. The first-order chi connectivity index (χ1) is 53.9. The Balaban J connectivity index is 0.000000704. The highest BCUT2D eigenvalue weighted by Crippen LogP contribution is 2.39. The Bertz CT molecular complexity index is 4210. The highest BCUT2D eigenvalue weighted by atomic mass is 127. The Hall–Kier alpha value is -9.50. The number of phenolic OH excluding ortho intramolecular Hbond substituents is 1. The minimum atomic E-state index is -3.67. The molecule has 0 radical (unpaired) electrons. The average molecular weight is 1870 g/mol. The third-order valence-electron chi connectivity index (χ3n) is 16.6. The Kier molecular flexibility index (Phi) is 47.7. The second kappa shape index (κ2) is 53.0. The molecule has 0 saturated carbocycles. The number of phenols is 1. The lowest BCUT2D eigenvalue weighted by atomic mass is 9.94. The van der Waals surface area contributed by atoms with E-state index in [1.807, 2.05) is 169 Å². The quantitative estimate of drug-likeness (QED) is 0.00755. The number of rotatable bonds is 23. The molecule has 0 aliphatic carbocycles. The van der Waals surface area contributed by atoms with Gasteiger partial charge in [0, 0.05) is 24.5 Å². The second-order valence-electron chi connectivity index (χ2n) is 29.1. The number of aromatic hydroxyl groups is 1. The number of amides is 3. The lowest BCUT2D eigenvalue weighted by molar-refractivity contribution is -0.728. The molecule has 29 heteroatoms. The molecule has 5 aromatic carbocycles. The van der Waals surface area contributed by atoms with Crippen LogP contribution in [0.4, 0.5) is 19.2 Å². The van der Waals surface area contributed by atoms with E-state index in [1.54, 1.807) is 64.1 Å². The van der Waals surface area contributed by atoms with Gasteiger partial charge in [0.15, 0.2) is 30.9 Å². The van der Waals surface area contributed by atoms with Gasteiger partial charge in [0.1, 0.15) is 44.5 Å². The van der Waals surface area contributed by atoms with Crippen molar-refractivity contribution in [3.05, 3.63) is 237 Å². The molecule has 0 aliphatic rings. The summed E-state index contributed by atoms with van der Waals surface area (Å²) >= 11 is 7.31. The number of nitrogens with two attached hydrogens (primary N) is 3. The summed E-state index contributed by atoms with van der Waals surface area (Å²) in [4.78, 5) is 83.9. The zero-order chi connectivity index (χ0) is 87.1. The van der Waals surface area contributed by atoms with E-state index in [0.29, 0.717) is 75.4 Å². The lowest BCUT2D eigenvalue weighted by Gasteiger charge is -2.18. The van der Waals surface area contributed by atoms with Crippen LogP contribution in [0, 0.1) is 0 Å². The van der Waals surface area contributed by atoms with Crippen molar-refractivity contribution >= 4 is 111 Å². The van der Waals surface area contributed by atoms with E-state index in [4.69, 9.17) is 66.5 Å². The molecule has 3 heterocycles. The standard InChI is InChI=1S/2C20H24N2O4.C14H19ClO3.C14H19IO3.C12H18O.C6H6N2O.CH4O3S.HI/c2*1-13(2)16-8-5-9-17(14(3)4)18(16)26-20(24)25-12-22-10-6-7-15(11-22)19(21)23;2*1-9(2)11-6-5-7-12(10(3)4)13(11)18-14(16)17-8-15;1-8(2)10-6-5-7-11(9(3)4)12(10)13;7-6(9)5-2-1-3-8-4-5;1-5(2,3)4;/h2*5-11,13-14H,12H2,1-4H3,(H-,21,23);2*5-7,9-10H,8H2,1-4H3;5-9,13H,1-4H3;1-4H,(H2,7,9);1H3,(H,2,3,4);1H/p+2. The van der Waals surface area contributed by atoms with E-state index >= 15 is 0 Å². The SMILES string of the molecule is CC(C)c1cccc(C(C)C)c1O.CC(C)c1cccc(C(C)C)c1OC(=O)OCCl.CC(C)c1cccc(C(C)C)c1OC(=O)OCI.CC(C)c1cccc(C(C)C)c1OC(=O)OC[n+]1cccc(C(N)=O)c1.CC(C)c1cccc(C(C)C)c1OC(=O)OC[n+]1cccc(C(N)=O)c1.CS(=O)(=O)O.I.NC(=O)c1cccnc1. The van der Waals surface area contributed by atoms with Crippen LogP contribution in [0.15, 0.2) is 165 Å². The van der Waals surface area contributed by atoms with E-state index in [0.717, 1.165) is 55.6 Å². The summed E-state index contributed by atoms with van der Waals surface area (Å²) < 4.78 is 70.8. The molecule has 8 N–H and O–H groups in total. The molecule has 0 aliphatic heterocycles. The highest BCUT2D eigenvalue weighted by Gasteiger charge is 2.25. The van der Waals surface area contributed by atoms with Gasteiger partial charge in [-0.3, -0.25) is 23.9 Å². The van der Waals surface area contributed by atoms with Gasteiger partial charge in [-0.1, -0.05) is 241 Å². The van der Waals surface area contributed by atoms with Crippen LogP contribution < -0.4 is 45.3 Å². The number of carbonyl (C=O) groups excluding carboxylic acids is 7. The maximum absolute atomic E-state index is 12.2. The summed E-state index contributed by atoms with van der Waals surface area (Å²) in [7, 11) is -3.67. The zero-order valence-corrected chi connectivity index (χ0v) is 76.2. The van der Waals surface area contributed by atoms with E-state index in [9.17, 15) is 47.1 Å². The highest BCUT2D eigenvalue weighted by molar-refractivity contribution is 14.1.